The predicted octanol–water partition coefficient (Wildman–Crippen LogP) is 4.43. The minimum Gasteiger partial charge on any atom is -0.342 e. The highest BCUT2D eigenvalue weighted by Crippen LogP contribution is 2.36. The Morgan fingerprint density at radius 1 is 0.821 bits per heavy atom. The molecule has 2 amide bonds. The minimum atomic E-state index is 0.0185. The molecule has 6 heteroatoms. The van der Waals surface area contributed by atoms with Crippen molar-refractivity contribution < 1.29 is 9.59 Å². The first kappa shape index (κ1) is 20.5. The number of thioether (sulfide) groups is 1. The maximum Gasteiger partial charge on any atom is 0.293 e. The van der Waals surface area contributed by atoms with E-state index in [1.165, 1.54) is 82.4 Å². The van der Waals surface area contributed by atoms with Gasteiger partial charge in [-0.3, -0.25) is 15.0 Å². The molecule has 0 radical (unpaired) electrons. The summed E-state index contributed by atoms with van der Waals surface area (Å²) in [5.41, 5.74) is 3.14. The van der Waals surface area contributed by atoms with E-state index in [9.17, 15) is 9.59 Å². The molecule has 4 fully saturated rings. The molecule has 1 N–H and O–H groups in total. The average molecular weight is 408 g/mol. The lowest BCUT2D eigenvalue weighted by atomic mass is 9.75. The maximum atomic E-state index is 12.6. The van der Waals surface area contributed by atoms with Crippen molar-refractivity contribution in [3.05, 3.63) is 0 Å². The number of hydrogen-bond acceptors (Lipinski definition) is 4. The highest BCUT2D eigenvalue weighted by atomic mass is 32.2. The van der Waals surface area contributed by atoms with Gasteiger partial charge in [-0.15, -0.1) is 0 Å². The molecule has 5 nitrogen and oxygen atoms in total. The van der Waals surface area contributed by atoms with Gasteiger partial charge in [0.05, 0.1) is 0 Å². The van der Waals surface area contributed by atoms with E-state index in [-0.39, 0.29) is 11.1 Å². The number of fused-ring (bicyclic) bond motifs is 2. The van der Waals surface area contributed by atoms with Gasteiger partial charge in [0.25, 0.3) is 5.24 Å². The molecule has 0 spiro atoms. The molecule has 0 aromatic carbocycles. The van der Waals surface area contributed by atoms with Gasteiger partial charge >= 0.3 is 0 Å². The monoisotopic (exact) mass is 407 g/mol. The number of carbonyl (C=O) groups excluding carboxylic acids is 2. The largest absolute Gasteiger partial charge is 0.342 e. The SMILES string of the molecule is O=C(NN1CCCC2CCCCC21)SCCC(=O)N1CCC2CCCCC2C1. The molecule has 0 aromatic heterocycles. The zero-order valence-electron chi connectivity index (χ0n) is 17.2. The van der Waals surface area contributed by atoms with Crippen molar-refractivity contribution in [3.63, 3.8) is 0 Å². The third-order valence-electron chi connectivity index (χ3n) is 7.67. The Hall–Kier alpha value is -0.750. The molecule has 158 valence electrons. The van der Waals surface area contributed by atoms with E-state index in [0.29, 0.717) is 18.2 Å². The second-order valence-electron chi connectivity index (χ2n) is 9.38. The Bertz CT molecular complexity index is 556. The van der Waals surface area contributed by atoms with Crippen molar-refractivity contribution in [2.75, 3.05) is 25.4 Å². The third kappa shape index (κ3) is 5.05. The Labute approximate surface area is 174 Å². The molecule has 28 heavy (non-hydrogen) atoms. The van der Waals surface area contributed by atoms with Gasteiger partial charge in [-0.1, -0.05) is 43.9 Å². The zero-order chi connectivity index (χ0) is 19.3. The van der Waals surface area contributed by atoms with Crippen molar-refractivity contribution in [2.24, 2.45) is 17.8 Å². The van der Waals surface area contributed by atoms with Crippen LogP contribution >= 0.6 is 11.8 Å². The van der Waals surface area contributed by atoms with Gasteiger partial charge in [0, 0.05) is 37.8 Å². The smallest absolute Gasteiger partial charge is 0.293 e. The fraction of sp³-hybridized carbons (Fsp3) is 0.909. The van der Waals surface area contributed by atoms with Gasteiger partial charge in [-0.2, -0.15) is 0 Å². The molecule has 2 aliphatic heterocycles. The lowest BCUT2D eigenvalue weighted by molar-refractivity contribution is -0.133. The number of hydrazine groups is 1. The lowest BCUT2D eigenvalue weighted by Gasteiger charge is -2.43. The van der Waals surface area contributed by atoms with Crippen LogP contribution in [-0.2, 0) is 4.79 Å². The first-order valence-corrected chi connectivity index (χ1v) is 12.7. The Morgan fingerprint density at radius 3 is 2.39 bits per heavy atom. The summed E-state index contributed by atoms with van der Waals surface area (Å²) in [6.45, 7) is 2.85. The molecule has 2 saturated carbocycles. The summed E-state index contributed by atoms with van der Waals surface area (Å²) in [7, 11) is 0. The minimum absolute atomic E-state index is 0.0185. The fourth-order valence-corrected chi connectivity index (χ4v) is 6.77. The molecule has 2 heterocycles. The van der Waals surface area contributed by atoms with Gasteiger partial charge in [-0.25, -0.2) is 5.01 Å². The lowest BCUT2D eigenvalue weighted by Crippen LogP contribution is -2.54. The predicted molar refractivity (Wildman–Crippen MR) is 114 cm³/mol. The van der Waals surface area contributed by atoms with Gasteiger partial charge in [0.1, 0.15) is 0 Å². The molecule has 4 rings (SSSR count). The number of nitrogens with one attached hydrogen (secondary N) is 1. The standard InChI is InChI=1S/C22H37N3O2S/c26-21(24-14-11-17-6-1-2-8-19(17)16-24)12-15-28-22(27)23-25-13-5-9-18-7-3-4-10-20(18)25/h17-20H,1-16H2,(H,23,27). The van der Waals surface area contributed by atoms with Crippen LogP contribution in [0.4, 0.5) is 4.79 Å². The number of carbonyl (C=O) groups is 2. The van der Waals surface area contributed by atoms with Gasteiger partial charge in [0.2, 0.25) is 5.91 Å². The molecule has 2 saturated heterocycles. The second-order valence-corrected chi connectivity index (χ2v) is 10.4. The average Bonchev–Trinajstić information content (AvgIpc) is 2.73. The van der Waals surface area contributed by atoms with Crippen LogP contribution in [0.2, 0.25) is 0 Å². The van der Waals surface area contributed by atoms with Crippen molar-refractivity contribution in [1.82, 2.24) is 15.3 Å². The van der Waals surface area contributed by atoms with Crippen LogP contribution in [0.5, 0.6) is 0 Å². The van der Waals surface area contributed by atoms with Crippen LogP contribution in [0.3, 0.4) is 0 Å². The number of likely N-dealkylation sites (tertiary alicyclic amines) is 1. The summed E-state index contributed by atoms with van der Waals surface area (Å²) in [6, 6.07) is 0.533. The van der Waals surface area contributed by atoms with E-state index in [1.807, 2.05) is 0 Å². The molecular weight excluding hydrogens is 370 g/mol. The molecule has 0 bridgehead atoms. The zero-order valence-corrected chi connectivity index (χ0v) is 18.1. The number of nitrogens with zero attached hydrogens (tertiary/aromatic N) is 2. The van der Waals surface area contributed by atoms with E-state index in [2.05, 4.69) is 15.3 Å². The number of rotatable bonds is 4. The second kappa shape index (κ2) is 9.84. The van der Waals surface area contributed by atoms with Gasteiger partial charge in [0.15, 0.2) is 0 Å². The van der Waals surface area contributed by atoms with Crippen molar-refractivity contribution >= 4 is 22.9 Å². The third-order valence-corrected chi connectivity index (χ3v) is 8.43. The van der Waals surface area contributed by atoms with E-state index >= 15 is 0 Å². The molecule has 4 atom stereocenters. The maximum absolute atomic E-state index is 12.6. The van der Waals surface area contributed by atoms with Crippen molar-refractivity contribution in [3.8, 4) is 0 Å². The van der Waals surface area contributed by atoms with Crippen molar-refractivity contribution in [2.45, 2.75) is 83.1 Å². The summed E-state index contributed by atoms with van der Waals surface area (Å²) in [5, 5.41) is 2.23. The van der Waals surface area contributed by atoms with Gasteiger partial charge in [-0.05, 0) is 56.3 Å². The number of piperidine rings is 2. The molecule has 2 aliphatic carbocycles. The van der Waals surface area contributed by atoms with Crippen LogP contribution in [0.15, 0.2) is 0 Å². The quantitative estimate of drug-likeness (QED) is 0.749. The molecule has 0 aromatic rings. The summed E-state index contributed by atoms with van der Waals surface area (Å²) < 4.78 is 0. The summed E-state index contributed by atoms with van der Waals surface area (Å²) in [4.78, 5) is 27.1. The highest BCUT2D eigenvalue weighted by molar-refractivity contribution is 8.13. The Morgan fingerprint density at radius 2 is 1.54 bits per heavy atom. The van der Waals surface area contributed by atoms with Crippen LogP contribution in [-0.4, -0.2) is 52.5 Å². The van der Waals surface area contributed by atoms with Crippen LogP contribution in [0.1, 0.15) is 77.0 Å². The Balaban J connectivity index is 1.16. The summed E-state index contributed by atoms with van der Waals surface area (Å²) in [5.74, 6) is 3.18. The van der Waals surface area contributed by atoms with E-state index in [0.717, 1.165) is 37.4 Å². The van der Waals surface area contributed by atoms with E-state index in [1.54, 1.807) is 0 Å². The highest BCUT2D eigenvalue weighted by Gasteiger charge is 2.34. The number of hydrogen-bond donors (Lipinski definition) is 1. The topological polar surface area (TPSA) is 52.7 Å². The van der Waals surface area contributed by atoms with Gasteiger partial charge < -0.3 is 4.90 Å². The molecule has 4 aliphatic rings. The first-order chi connectivity index (χ1) is 13.7. The van der Waals surface area contributed by atoms with Crippen LogP contribution in [0, 0.1) is 17.8 Å². The van der Waals surface area contributed by atoms with Crippen LogP contribution in [0.25, 0.3) is 0 Å². The number of amides is 2. The normalized spacial score (nSPS) is 33.6. The van der Waals surface area contributed by atoms with Crippen molar-refractivity contribution in [1.29, 1.82) is 0 Å². The first-order valence-electron chi connectivity index (χ1n) is 11.7. The molecule has 4 unspecified atom stereocenters. The fourth-order valence-electron chi connectivity index (χ4n) is 6.13. The molecular formula is C22H37N3O2S. The van der Waals surface area contributed by atoms with E-state index in [4.69, 9.17) is 0 Å². The summed E-state index contributed by atoms with van der Waals surface area (Å²) in [6.07, 6.45) is 14.7. The van der Waals surface area contributed by atoms with E-state index < -0.39 is 0 Å². The summed E-state index contributed by atoms with van der Waals surface area (Å²) >= 11 is 1.29. The van der Waals surface area contributed by atoms with Crippen LogP contribution < -0.4 is 5.43 Å². The Kier molecular flexibility index (Phi) is 7.21.